The van der Waals surface area contributed by atoms with E-state index in [0.29, 0.717) is 0 Å². The Kier molecular flexibility index (Phi) is 5.54. The van der Waals surface area contributed by atoms with E-state index in [0.717, 1.165) is 30.7 Å². The van der Waals surface area contributed by atoms with Crippen LogP contribution in [-0.4, -0.2) is 51.8 Å². The number of quaternary nitrogens is 1. The maximum atomic E-state index is 2.57. The maximum absolute atomic E-state index is 2.57. The summed E-state index contributed by atoms with van der Waals surface area (Å²) in [6, 6.07) is 30.7. The number of piperazine rings is 1. The summed E-state index contributed by atoms with van der Waals surface area (Å²) in [6.07, 6.45) is 2.37. The summed E-state index contributed by atoms with van der Waals surface area (Å²) in [6.45, 7) is 4.39. The molecule has 6 rings (SSSR count). The van der Waals surface area contributed by atoms with Crippen molar-refractivity contribution in [1.82, 2.24) is 0 Å². The van der Waals surface area contributed by atoms with E-state index in [4.69, 9.17) is 0 Å². The van der Waals surface area contributed by atoms with Gasteiger partial charge < -0.3 is 9.38 Å². The van der Waals surface area contributed by atoms with Gasteiger partial charge in [-0.05, 0) is 42.0 Å². The number of hydrogen-bond acceptors (Lipinski definition) is 3. The predicted molar refractivity (Wildman–Crippen MR) is 148 cm³/mol. The fraction of sp³-hybridized carbons (Fsp3) is 0.233. The minimum absolute atomic E-state index is 1.05. The molecule has 0 bridgehead atoms. The van der Waals surface area contributed by atoms with Gasteiger partial charge >= 0.3 is 0 Å². The molecule has 4 aromatic rings. The van der Waals surface area contributed by atoms with Crippen LogP contribution < -0.4 is 14.4 Å². The summed E-state index contributed by atoms with van der Waals surface area (Å²) in [5.41, 5.74) is 4.99. The highest BCUT2D eigenvalue weighted by Crippen LogP contribution is 2.45. The van der Waals surface area contributed by atoms with E-state index < -0.39 is 0 Å². The summed E-state index contributed by atoms with van der Waals surface area (Å²) in [4.78, 5) is 6.20. The van der Waals surface area contributed by atoms with Gasteiger partial charge in [-0.25, -0.2) is 4.90 Å². The number of hydrogen-bond donors (Lipinski definition) is 0. The molecule has 4 nitrogen and oxygen atoms in total. The van der Waals surface area contributed by atoms with Gasteiger partial charge in [-0.15, -0.1) is 0 Å². The molecule has 0 spiro atoms. The average Bonchev–Trinajstić information content (AvgIpc) is 3.19. The first kappa shape index (κ1) is 22.2. The summed E-state index contributed by atoms with van der Waals surface area (Å²) in [5.74, 6) is 1.27. The average molecular weight is 481 g/mol. The molecular formula is C30H32N4S+2. The lowest BCUT2D eigenvalue weighted by molar-refractivity contribution is -0.890. The molecule has 0 atom stereocenters. The molecule has 35 heavy (non-hydrogen) atoms. The van der Waals surface area contributed by atoms with Crippen LogP contribution in [0.5, 0.6) is 0 Å². The number of nitrogens with zero attached hydrogens (tertiary/aromatic N) is 4. The number of aromatic nitrogens is 1. The third-order valence-corrected chi connectivity index (χ3v) is 8.48. The highest BCUT2D eigenvalue weighted by Gasteiger charge is 2.33. The molecule has 3 heterocycles. The van der Waals surface area contributed by atoms with Crippen LogP contribution in [0, 0.1) is 0 Å². The van der Waals surface area contributed by atoms with E-state index in [2.05, 4.69) is 127 Å². The Balaban J connectivity index is 1.54. The van der Waals surface area contributed by atoms with E-state index in [1.807, 2.05) is 11.8 Å². The van der Waals surface area contributed by atoms with Gasteiger partial charge in [0.2, 0.25) is 0 Å². The molecule has 2 aliphatic rings. The summed E-state index contributed by atoms with van der Waals surface area (Å²) in [7, 11) is 6.85. The highest BCUT2D eigenvalue weighted by atomic mass is 32.2. The Bertz CT molecular complexity index is 1420. The third kappa shape index (κ3) is 4.09. The normalized spacial score (nSPS) is 18.3. The fourth-order valence-electron chi connectivity index (χ4n) is 5.13. The van der Waals surface area contributed by atoms with Crippen molar-refractivity contribution in [2.24, 2.45) is 0 Å². The predicted octanol–water partition coefficient (Wildman–Crippen LogP) is 5.55. The first-order chi connectivity index (χ1) is 17.0. The summed E-state index contributed by atoms with van der Waals surface area (Å²) in [5, 5.41) is 2.53. The van der Waals surface area contributed by atoms with Gasteiger partial charge in [0.15, 0.2) is 0 Å². The lowest BCUT2D eigenvalue weighted by Crippen LogP contribution is -2.57. The molecule has 0 N–H and O–H groups in total. The zero-order valence-corrected chi connectivity index (χ0v) is 21.5. The number of anilines is 2. The van der Waals surface area contributed by atoms with Crippen LogP contribution >= 0.6 is 11.8 Å². The molecule has 0 unspecified atom stereocenters. The fourth-order valence-corrected chi connectivity index (χ4v) is 6.24. The molecule has 3 aromatic carbocycles. The zero-order chi connectivity index (χ0) is 24.0. The molecule has 176 valence electrons. The number of thioether (sulfide) groups is 1. The van der Waals surface area contributed by atoms with Crippen LogP contribution in [0.4, 0.5) is 11.5 Å². The van der Waals surface area contributed by atoms with Crippen molar-refractivity contribution in [2.45, 2.75) is 4.90 Å². The Morgan fingerprint density at radius 2 is 1.54 bits per heavy atom. The van der Waals surface area contributed by atoms with Gasteiger partial charge in [-0.1, -0.05) is 60.3 Å². The zero-order valence-electron chi connectivity index (χ0n) is 20.7. The lowest BCUT2D eigenvalue weighted by Gasteiger charge is -2.36. The van der Waals surface area contributed by atoms with E-state index in [9.17, 15) is 0 Å². The topological polar surface area (TPSA) is 10.4 Å². The Labute approximate surface area is 212 Å². The van der Waals surface area contributed by atoms with E-state index in [1.54, 1.807) is 0 Å². The Morgan fingerprint density at radius 3 is 2.31 bits per heavy atom. The molecule has 0 saturated carbocycles. The van der Waals surface area contributed by atoms with Crippen molar-refractivity contribution in [3.8, 4) is 5.69 Å². The van der Waals surface area contributed by atoms with Gasteiger partial charge in [0.05, 0.1) is 24.8 Å². The second-order valence-electron chi connectivity index (χ2n) is 10.1. The summed E-state index contributed by atoms with van der Waals surface area (Å²) < 4.78 is 3.52. The molecule has 0 aliphatic carbocycles. The molecule has 1 fully saturated rings. The van der Waals surface area contributed by atoms with Crippen molar-refractivity contribution in [3.05, 3.63) is 95.5 Å². The number of rotatable bonds is 3. The van der Waals surface area contributed by atoms with Gasteiger partial charge in [0, 0.05) is 23.4 Å². The van der Waals surface area contributed by atoms with Crippen LogP contribution in [0.2, 0.25) is 0 Å². The Morgan fingerprint density at radius 1 is 0.857 bits per heavy atom. The van der Waals surface area contributed by atoms with Crippen molar-refractivity contribution < 1.29 is 9.05 Å². The number of pyridine rings is 1. The Hall–Kier alpha value is -3.28. The standard InChI is InChI=1S/C30H32N4S/c1-31-27-15-9-10-16-28(27)35-30(31)22-23-21-29(32-17-19-34(2,3)20-18-32)33(24-11-5-4-6-12-24)26-14-8-7-13-25(23)26/h4-16,21-22H,17-20H2,1-3H3/q+2. The lowest BCUT2D eigenvalue weighted by atomic mass is 10.1. The van der Waals surface area contributed by atoms with E-state index >= 15 is 0 Å². The number of likely N-dealkylation sites (N-methyl/N-ethyl adjacent to an activating group) is 1. The monoisotopic (exact) mass is 480 g/mol. The molecule has 2 aliphatic heterocycles. The second-order valence-corrected chi connectivity index (χ2v) is 11.2. The number of fused-ring (bicyclic) bond motifs is 2. The SMILES string of the molecule is CN1C(=Cc2cc(N3CC[N+](C)(C)CC3)[n+](-c3ccccc3)c3ccccc23)Sc2ccccc21. The van der Waals surface area contributed by atoms with E-state index in [1.165, 1.54) is 43.6 Å². The van der Waals surface area contributed by atoms with Crippen molar-refractivity contribution in [1.29, 1.82) is 0 Å². The van der Waals surface area contributed by atoms with Gasteiger partial charge in [-0.2, -0.15) is 4.57 Å². The van der Waals surface area contributed by atoms with Gasteiger partial charge in [0.1, 0.15) is 37.4 Å². The van der Waals surface area contributed by atoms with Crippen molar-refractivity contribution in [2.75, 3.05) is 57.1 Å². The van der Waals surface area contributed by atoms with Gasteiger partial charge in [-0.3, -0.25) is 0 Å². The highest BCUT2D eigenvalue weighted by molar-refractivity contribution is 8.03. The molecule has 1 saturated heterocycles. The van der Waals surface area contributed by atoms with Crippen LogP contribution in [0.25, 0.3) is 22.7 Å². The van der Waals surface area contributed by atoms with Crippen LogP contribution in [0.3, 0.4) is 0 Å². The van der Waals surface area contributed by atoms with Crippen LogP contribution in [0.15, 0.2) is 94.9 Å². The molecule has 0 radical (unpaired) electrons. The first-order valence-electron chi connectivity index (χ1n) is 12.3. The molecule has 1 aromatic heterocycles. The van der Waals surface area contributed by atoms with Crippen molar-refractivity contribution >= 4 is 40.2 Å². The van der Waals surface area contributed by atoms with E-state index in [-0.39, 0.29) is 0 Å². The number of benzene rings is 3. The molecule has 0 amide bonds. The molecule has 5 heteroatoms. The number of para-hydroxylation sites is 3. The summed E-state index contributed by atoms with van der Waals surface area (Å²) >= 11 is 1.85. The molecular weight excluding hydrogens is 448 g/mol. The second kappa shape index (κ2) is 8.74. The minimum Gasteiger partial charge on any atom is -0.338 e. The maximum Gasteiger partial charge on any atom is 0.283 e. The van der Waals surface area contributed by atoms with Crippen molar-refractivity contribution in [3.63, 3.8) is 0 Å². The largest absolute Gasteiger partial charge is 0.338 e. The van der Waals surface area contributed by atoms with Gasteiger partial charge in [0.25, 0.3) is 5.82 Å². The third-order valence-electron chi connectivity index (χ3n) is 7.31. The quantitative estimate of drug-likeness (QED) is 0.281. The smallest absolute Gasteiger partial charge is 0.283 e. The minimum atomic E-state index is 1.05. The van der Waals surface area contributed by atoms with Crippen LogP contribution in [0.1, 0.15) is 5.56 Å². The van der Waals surface area contributed by atoms with Crippen LogP contribution in [-0.2, 0) is 0 Å². The first-order valence-corrected chi connectivity index (χ1v) is 13.1.